The van der Waals surface area contributed by atoms with E-state index >= 15 is 0 Å². The minimum absolute atomic E-state index is 0.00205. The van der Waals surface area contributed by atoms with Gasteiger partial charge in [-0.3, -0.25) is 4.90 Å². The van der Waals surface area contributed by atoms with Crippen LogP contribution in [0.1, 0.15) is 148 Å². The fourth-order valence-corrected chi connectivity index (χ4v) is 9.91. The number of rotatable bonds is 21. The van der Waals surface area contributed by atoms with E-state index in [9.17, 15) is 0 Å². The topological polar surface area (TPSA) is 30.5 Å². The van der Waals surface area contributed by atoms with Crippen molar-refractivity contribution < 1.29 is 0 Å². The van der Waals surface area contributed by atoms with E-state index < -0.39 is 0 Å². The van der Waals surface area contributed by atoms with E-state index in [0.717, 1.165) is 58.4 Å². The van der Waals surface area contributed by atoms with Crippen LogP contribution in [0, 0.1) is 17.3 Å². The van der Waals surface area contributed by atoms with E-state index in [1.165, 1.54) is 36.8 Å². The van der Waals surface area contributed by atoms with Gasteiger partial charge in [-0.05, 0) is 120 Å². The molecule has 4 unspecified atom stereocenters. The highest BCUT2D eigenvalue weighted by Crippen LogP contribution is 2.62. The normalized spacial score (nSPS) is 23.7. The fourth-order valence-electron chi connectivity index (χ4n) is 9.91. The first-order valence-electron chi connectivity index (χ1n) is 19.6. The SMILES string of the molecule is CCCCNCNN(CC)C(C)(C)N(CCCC)C(C1=C(CC)C=CC1)(C1=C(C)C(C)=C(C)C1C)C(CC)C1(CC)C=CC=C1CC. The molecule has 0 spiro atoms. The fraction of sp³-hybridized carbons (Fsp3) is 0.721. The number of nitrogens with zero attached hydrogens (tertiary/aromatic N) is 2. The number of hydrogen-bond acceptors (Lipinski definition) is 4. The van der Waals surface area contributed by atoms with Crippen LogP contribution in [0.15, 0.2) is 69.4 Å². The molecular weight excluding hydrogens is 573 g/mol. The minimum Gasteiger partial charge on any atom is -0.303 e. The quantitative estimate of drug-likeness (QED) is 0.0738. The van der Waals surface area contributed by atoms with E-state index in [1.54, 1.807) is 27.9 Å². The number of hydrazine groups is 1. The molecule has 0 heterocycles. The third-order valence-corrected chi connectivity index (χ3v) is 12.6. The van der Waals surface area contributed by atoms with Gasteiger partial charge < -0.3 is 5.32 Å². The zero-order valence-electron chi connectivity index (χ0n) is 33.1. The molecule has 0 fully saturated rings. The lowest BCUT2D eigenvalue weighted by Crippen LogP contribution is -2.73. The van der Waals surface area contributed by atoms with Gasteiger partial charge in [-0.15, -0.1) is 0 Å². The Labute approximate surface area is 292 Å². The van der Waals surface area contributed by atoms with Gasteiger partial charge in [-0.1, -0.05) is 110 Å². The summed E-state index contributed by atoms with van der Waals surface area (Å²) in [4.78, 5) is 3.05. The van der Waals surface area contributed by atoms with E-state index in [0.29, 0.717) is 11.8 Å². The van der Waals surface area contributed by atoms with Gasteiger partial charge in [0, 0.05) is 24.4 Å². The van der Waals surface area contributed by atoms with Crippen LogP contribution in [-0.4, -0.2) is 47.4 Å². The van der Waals surface area contributed by atoms with Crippen molar-refractivity contribution in [1.29, 1.82) is 0 Å². The second-order valence-electron chi connectivity index (χ2n) is 15.0. The summed E-state index contributed by atoms with van der Waals surface area (Å²) in [6.45, 7) is 35.4. The second-order valence-corrected chi connectivity index (χ2v) is 15.0. The lowest BCUT2D eigenvalue weighted by Gasteiger charge is -2.63. The van der Waals surface area contributed by atoms with E-state index in [1.807, 2.05) is 0 Å². The first-order chi connectivity index (χ1) is 22.4. The van der Waals surface area contributed by atoms with Crippen LogP contribution >= 0.6 is 0 Å². The van der Waals surface area contributed by atoms with Gasteiger partial charge >= 0.3 is 0 Å². The molecule has 0 aromatic rings. The number of hydrogen-bond donors (Lipinski definition) is 2. The van der Waals surface area contributed by atoms with Gasteiger partial charge in [0.25, 0.3) is 0 Å². The van der Waals surface area contributed by atoms with Crippen LogP contribution < -0.4 is 10.7 Å². The zero-order valence-corrected chi connectivity index (χ0v) is 33.1. The van der Waals surface area contributed by atoms with Gasteiger partial charge in [0.05, 0.1) is 17.9 Å². The number of unbranched alkanes of at least 4 members (excludes halogenated alkanes) is 2. The van der Waals surface area contributed by atoms with E-state index in [4.69, 9.17) is 0 Å². The summed E-state index contributed by atoms with van der Waals surface area (Å²) in [6, 6.07) is 0. The van der Waals surface area contributed by atoms with Crippen LogP contribution in [0.25, 0.3) is 0 Å². The highest BCUT2D eigenvalue weighted by molar-refractivity contribution is 5.59. The molecule has 4 atom stereocenters. The Hall–Kier alpha value is -1.72. The Kier molecular flexibility index (Phi) is 14.6. The summed E-state index contributed by atoms with van der Waals surface area (Å²) >= 11 is 0. The maximum absolute atomic E-state index is 3.91. The van der Waals surface area contributed by atoms with Crippen molar-refractivity contribution >= 4 is 0 Å². The van der Waals surface area contributed by atoms with Crippen molar-refractivity contribution in [2.75, 3.05) is 26.3 Å². The standard InChI is InChI=1S/C43H74N4/c1-14-21-29-44-31-45-47(20-7)41(12,13)46(30-22-15-2)43(38-27-23-25-36(38)16-3,40-34(10)32(8)33(9)35(40)11)39(18-5)42(19-6)28-24-26-37(42)17-4/h23-26,28,34,39,44-45H,14-22,27,29-31H2,1-13H3. The third-order valence-electron chi connectivity index (χ3n) is 12.6. The van der Waals surface area contributed by atoms with E-state index in [-0.39, 0.29) is 16.6 Å². The summed E-state index contributed by atoms with van der Waals surface area (Å²) < 4.78 is 0. The summed E-state index contributed by atoms with van der Waals surface area (Å²) in [5, 5.41) is 6.24. The summed E-state index contributed by atoms with van der Waals surface area (Å²) in [5.41, 5.74) is 14.5. The monoisotopic (exact) mass is 647 g/mol. The molecule has 0 amide bonds. The highest BCUT2D eigenvalue weighted by atomic mass is 15.6. The average molecular weight is 647 g/mol. The van der Waals surface area contributed by atoms with Gasteiger partial charge in [0.1, 0.15) is 0 Å². The minimum atomic E-state index is -0.275. The highest BCUT2D eigenvalue weighted by Gasteiger charge is 2.61. The Morgan fingerprint density at radius 3 is 2.19 bits per heavy atom. The maximum atomic E-state index is 3.91. The second kappa shape index (κ2) is 17.3. The lowest BCUT2D eigenvalue weighted by molar-refractivity contribution is -0.125. The predicted molar refractivity (Wildman–Crippen MR) is 207 cm³/mol. The molecule has 0 bridgehead atoms. The van der Waals surface area contributed by atoms with Crippen molar-refractivity contribution in [3.05, 3.63) is 69.4 Å². The predicted octanol–water partition coefficient (Wildman–Crippen LogP) is 11.0. The van der Waals surface area contributed by atoms with Crippen LogP contribution in [0.2, 0.25) is 0 Å². The van der Waals surface area contributed by atoms with Crippen LogP contribution in [-0.2, 0) is 0 Å². The van der Waals surface area contributed by atoms with E-state index in [2.05, 4.69) is 141 Å². The number of nitrogens with one attached hydrogen (secondary N) is 2. The summed E-state index contributed by atoms with van der Waals surface area (Å²) in [7, 11) is 0. The van der Waals surface area contributed by atoms with Crippen molar-refractivity contribution in [1.82, 2.24) is 20.7 Å². The van der Waals surface area contributed by atoms with Gasteiger partial charge in [0.15, 0.2) is 0 Å². The van der Waals surface area contributed by atoms with Crippen LogP contribution in [0.3, 0.4) is 0 Å². The molecule has 266 valence electrons. The molecular formula is C43H74N4. The van der Waals surface area contributed by atoms with Crippen molar-refractivity contribution in [2.24, 2.45) is 17.3 Å². The Balaban J connectivity index is 2.51. The van der Waals surface area contributed by atoms with Gasteiger partial charge in [-0.2, -0.15) is 0 Å². The third kappa shape index (κ3) is 7.14. The molecule has 0 aliphatic heterocycles. The van der Waals surface area contributed by atoms with Crippen molar-refractivity contribution in [3.63, 3.8) is 0 Å². The molecule has 3 aliphatic carbocycles. The zero-order chi connectivity index (χ0) is 35.0. The molecule has 3 rings (SSSR count). The molecule has 0 saturated carbocycles. The molecule has 0 saturated heterocycles. The molecule has 0 aromatic carbocycles. The summed E-state index contributed by atoms with van der Waals surface area (Å²) in [5.74, 6) is 0.771. The van der Waals surface area contributed by atoms with Gasteiger partial charge in [-0.25, -0.2) is 10.4 Å². The molecule has 4 heteroatoms. The molecule has 3 aliphatic rings. The van der Waals surface area contributed by atoms with Crippen molar-refractivity contribution in [2.45, 2.75) is 159 Å². The Bertz CT molecular complexity index is 1240. The molecule has 47 heavy (non-hydrogen) atoms. The van der Waals surface area contributed by atoms with Crippen LogP contribution in [0.4, 0.5) is 0 Å². The first kappa shape index (κ1) is 39.7. The molecule has 2 N–H and O–H groups in total. The Morgan fingerprint density at radius 2 is 1.66 bits per heavy atom. The average Bonchev–Trinajstić information content (AvgIpc) is 3.77. The summed E-state index contributed by atoms with van der Waals surface area (Å²) in [6.07, 6.45) is 22.7. The molecule has 4 nitrogen and oxygen atoms in total. The smallest absolute Gasteiger partial charge is 0.0823 e. The number of allylic oxidation sites excluding steroid dienone is 10. The van der Waals surface area contributed by atoms with Gasteiger partial charge in [0.2, 0.25) is 0 Å². The lowest BCUT2D eigenvalue weighted by atomic mass is 9.53. The van der Waals surface area contributed by atoms with Crippen molar-refractivity contribution in [3.8, 4) is 0 Å². The first-order valence-corrected chi connectivity index (χ1v) is 19.6. The van der Waals surface area contributed by atoms with Crippen LogP contribution in [0.5, 0.6) is 0 Å². The Morgan fingerprint density at radius 1 is 0.957 bits per heavy atom. The maximum Gasteiger partial charge on any atom is 0.0823 e. The molecule has 0 radical (unpaired) electrons. The molecule has 0 aromatic heterocycles. The largest absolute Gasteiger partial charge is 0.303 e.